The third-order valence-corrected chi connectivity index (χ3v) is 3.13. The summed E-state index contributed by atoms with van der Waals surface area (Å²) < 4.78 is 1.98. The summed E-state index contributed by atoms with van der Waals surface area (Å²) in [6.45, 7) is 4.29. The Hall–Kier alpha value is -0.830. The normalized spacial score (nSPS) is 17.9. The molecule has 3 nitrogen and oxygen atoms in total. The number of fused-ring (bicyclic) bond motifs is 1. The van der Waals surface area contributed by atoms with Gasteiger partial charge < -0.3 is 5.11 Å². The van der Waals surface area contributed by atoms with E-state index in [2.05, 4.69) is 12.0 Å². The van der Waals surface area contributed by atoms with Crippen molar-refractivity contribution >= 4 is 0 Å². The molecule has 2 rings (SSSR count). The molecule has 0 radical (unpaired) electrons. The number of hydrogen-bond donors (Lipinski definition) is 1. The van der Waals surface area contributed by atoms with Crippen LogP contribution in [-0.2, 0) is 12.8 Å². The van der Waals surface area contributed by atoms with Gasteiger partial charge in [0.25, 0.3) is 0 Å². The summed E-state index contributed by atoms with van der Waals surface area (Å²) in [5.41, 5.74) is 3.94. The van der Waals surface area contributed by atoms with Gasteiger partial charge in [-0.3, -0.25) is 4.68 Å². The monoisotopic (exact) mass is 194 g/mol. The number of aliphatic hydroxyl groups excluding tert-OH is 1. The molecular formula is C11H18N2O. The van der Waals surface area contributed by atoms with Gasteiger partial charge >= 0.3 is 0 Å². The van der Waals surface area contributed by atoms with Crippen LogP contribution in [0, 0.1) is 6.92 Å². The fraction of sp³-hybridized carbons (Fsp3) is 0.727. The van der Waals surface area contributed by atoms with Gasteiger partial charge in [0.05, 0.1) is 18.3 Å². The maximum absolute atomic E-state index is 9.11. The largest absolute Gasteiger partial charge is 0.394 e. The highest BCUT2D eigenvalue weighted by atomic mass is 16.3. The SMILES string of the molecule is Cc1c2c(nn1C(C)CO)CCCC2. The first kappa shape index (κ1) is 9.71. The average molecular weight is 194 g/mol. The summed E-state index contributed by atoms with van der Waals surface area (Å²) in [5.74, 6) is 0. The van der Waals surface area contributed by atoms with Crippen molar-refractivity contribution < 1.29 is 5.11 Å². The van der Waals surface area contributed by atoms with Crippen molar-refractivity contribution in [2.75, 3.05) is 6.61 Å². The zero-order valence-electron chi connectivity index (χ0n) is 8.95. The predicted octanol–water partition coefficient (Wildman–Crippen LogP) is 1.62. The topological polar surface area (TPSA) is 38.0 Å². The molecule has 1 aliphatic carbocycles. The molecule has 0 aliphatic heterocycles. The van der Waals surface area contributed by atoms with Crippen LogP contribution in [-0.4, -0.2) is 21.5 Å². The summed E-state index contributed by atoms with van der Waals surface area (Å²) >= 11 is 0. The lowest BCUT2D eigenvalue weighted by atomic mass is 9.96. The smallest absolute Gasteiger partial charge is 0.0725 e. The van der Waals surface area contributed by atoms with Crippen LogP contribution in [0.5, 0.6) is 0 Å². The Kier molecular flexibility index (Phi) is 2.59. The minimum absolute atomic E-state index is 0.112. The highest BCUT2D eigenvalue weighted by Crippen LogP contribution is 2.25. The first-order chi connectivity index (χ1) is 6.74. The maximum atomic E-state index is 9.11. The number of rotatable bonds is 2. The standard InChI is InChI=1S/C11H18N2O/c1-8(7-14)13-9(2)10-5-3-4-6-11(10)12-13/h8,14H,3-7H2,1-2H3. The molecule has 1 aromatic rings. The van der Waals surface area contributed by atoms with Crippen LogP contribution < -0.4 is 0 Å². The summed E-state index contributed by atoms with van der Waals surface area (Å²) in [6, 6.07) is 0.112. The molecule has 0 amide bonds. The van der Waals surface area contributed by atoms with Crippen LogP contribution in [0.1, 0.15) is 42.8 Å². The summed E-state index contributed by atoms with van der Waals surface area (Å²) in [7, 11) is 0. The van der Waals surface area contributed by atoms with Gasteiger partial charge in [0, 0.05) is 5.69 Å². The Bertz CT molecular complexity index is 330. The van der Waals surface area contributed by atoms with Gasteiger partial charge in [0.15, 0.2) is 0 Å². The molecule has 3 heteroatoms. The average Bonchev–Trinajstić information content (AvgIpc) is 2.56. The Balaban J connectivity index is 2.38. The van der Waals surface area contributed by atoms with Crippen molar-refractivity contribution in [3.05, 3.63) is 17.0 Å². The van der Waals surface area contributed by atoms with E-state index in [4.69, 9.17) is 5.11 Å². The summed E-state index contributed by atoms with van der Waals surface area (Å²) in [6.07, 6.45) is 4.82. The van der Waals surface area contributed by atoms with Gasteiger partial charge in [-0.05, 0) is 45.1 Å². The zero-order valence-corrected chi connectivity index (χ0v) is 8.95. The number of hydrogen-bond acceptors (Lipinski definition) is 2. The van der Waals surface area contributed by atoms with Gasteiger partial charge in [-0.1, -0.05) is 0 Å². The number of aliphatic hydroxyl groups is 1. The van der Waals surface area contributed by atoms with Crippen LogP contribution in [0.4, 0.5) is 0 Å². The Morgan fingerprint density at radius 2 is 2.14 bits per heavy atom. The molecule has 1 heterocycles. The fourth-order valence-electron chi connectivity index (χ4n) is 2.24. The lowest BCUT2D eigenvalue weighted by molar-refractivity contribution is 0.227. The van der Waals surface area contributed by atoms with Crippen molar-refractivity contribution in [1.82, 2.24) is 9.78 Å². The first-order valence-corrected chi connectivity index (χ1v) is 5.41. The highest BCUT2D eigenvalue weighted by molar-refractivity contribution is 5.28. The minimum atomic E-state index is 0.112. The molecule has 78 valence electrons. The van der Waals surface area contributed by atoms with Gasteiger partial charge in [-0.15, -0.1) is 0 Å². The molecule has 0 saturated heterocycles. The van der Waals surface area contributed by atoms with Crippen LogP contribution in [0.25, 0.3) is 0 Å². The van der Waals surface area contributed by atoms with Crippen LogP contribution >= 0.6 is 0 Å². The van der Waals surface area contributed by atoms with Crippen molar-refractivity contribution in [2.45, 2.75) is 45.6 Å². The first-order valence-electron chi connectivity index (χ1n) is 5.41. The van der Waals surface area contributed by atoms with E-state index in [-0.39, 0.29) is 12.6 Å². The molecule has 0 saturated carbocycles. The van der Waals surface area contributed by atoms with E-state index in [1.165, 1.54) is 36.2 Å². The lowest BCUT2D eigenvalue weighted by Crippen LogP contribution is -2.12. The number of aromatic nitrogens is 2. The zero-order chi connectivity index (χ0) is 10.1. The van der Waals surface area contributed by atoms with Crippen molar-refractivity contribution in [1.29, 1.82) is 0 Å². The summed E-state index contributed by atoms with van der Waals surface area (Å²) in [4.78, 5) is 0. The third-order valence-electron chi connectivity index (χ3n) is 3.13. The number of aryl methyl sites for hydroxylation is 1. The van der Waals surface area contributed by atoms with Crippen LogP contribution in [0.2, 0.25) is 0 Å². The van der Waals surface area contributed by atoms with E-state index in [0.717, 1.165) is 6.42 Å². The van der Waals surface area contributed by atoms with Gasteiger partial charge in [-0.25, -0.2) is 0 Å². The Morgan fingerprint density at radius 3 is 2.79 bits per heavy atom. The maximum Gasteiger partial charge on any atom is 0.0725 e. The third kappa shape index (κ3) is 1.46. The number of nitrogens with zero attached hydrogens (tertiary/aromatic N) is 2. The van der Waals surface area contributed by atoms with Crippen molar-refractivity contribution in [2.24, 2.45) is 0 Å². The second-order valence-electron chi connectivity index (χ2n) is 4.19. The molecule has 1 atom stereocenters. The van der Waals surface area contributed by atoms with Gasteiger partial charge in [0.2, 0.25) is 0 Å². The van der Waals surface area contributed by atoms with Crippen LogP contribution in [0.3, 0.4) is 0 Å². The predicted molar refractivity (Wildman–Crippen MR) is 55.4 cm³/mol. The molecule has 1 N–H and O–H groups in total. The van der Waals surface area contributed by atoms with Crippen molar-refractivity contribution in [3.63, 3.8) is 0 Å². The van der Waals surface area contributed by atoms with E-state index in [1.54, 1.807) is 0 Å². The van der Waals surface area contributed by atoms with E-state index in [9.17, 15) is 0 Å². The molecule has 1 unspecified atom stereocenters. The molecule has 0 bridgehead atoms. The quantitative estimate of drug-likeness (QED) is 0.777. The molecule has 0 spiro atoms. The Labute approximate surface area is 84.7 Å². The van der Waals surface area contributed by atoms with Gasteiger partial charge in [0.1, 0.15) is 0 Å². The molecule has 1 aromatic heterocycles. The van der Waals surface area contributed by atoms with Gasteiger partial charge in [-0.2, -0.15) is 5.10 Å². The van der Waals surface area contributed by atoms with E-state index in [0.29, 0.717) is 0 Å². The lowest BCUT2D eigenvalue weighted by Gasteiger charge is -2.11. The molecule has 1 aliphatic rings. The molecule has 0 fully saturated rings. The second-order valence-corrected chi connectivity index (χ2v) is 4.19. The highest BCUT2D eigenvalue weighted by Gasteiger charge is 2.19. The molecular weight excluding hydrogens is 176 g/mol. The van der Waals surface area contributed by atoms with Crippen LogP contribution in [0.15, 0.2) is 0 Å². The molecule has 14 heavy (non-hydrogen) atoms. The van der Waals surface area contributed by atoms with E-state index < -0.39 is 0 Å². The van der Waals surface area contributed by atoms with Crippen molar-refractivity contribution in [3.8, 4) is 0 Å². The van der Waals surface area contributed by atoms with E-state index >= 15 is 0 Å². The second kappa shape index (κ2) is 3.73. The molecule has 0 aromatic carbocycles. The Morgan fingerprint density at radius 1 is 1.43 bits per heavy atom. The summed E-state index contributed by atoms with van der Waals surface area (Å²) in [5, 5.41) is 13.7. The minimum Gasteiger partial charge on any atom is -0.394 e. The van der Waals surface area contributed by atoms with E-state index in [1.807, 2.05) is 11.6 Å². The fourth-order valence-corrected chi connectivity index (χ4v) is 2.24.